The maximum absolute atomic E-state index is 12.2. The number of benzene rings is 2. The summed E-state index contributed by atoms with van der Waals surface area (Å²) in [5.41, 5.74) is 1.54. The molecule has 3 nitrogen and oxygen atoms in total. The van der Waals surface area contributed by atoms with Gasteiger partial charge in [-0.25, -0.2) is 0 Å². The second-order valence-corrected chi connectivity index (χ2v) is 5.87. The van der Waals surface area contributed by atoms with Crippen molar-refractivity contribution in [3.63, 3.8) is 0 Å². The van der Waals surface area contributed by atoms with Crippen molar-refractivity contribution in [3.05, 3.63) is 65.7 Å². The highest BCUT2D eigenvalue weighted by molar-refractivity contribution is 5.94. The molecule has 0 fully saturated rings. The van der Waals surface area contributed by atoms with Gasteiger partial charge in [-0.1, -0.05) is 30.3 Å². The summed E-state index contributed by atoms with van der Waals surface area (Å²) in [5, 5.41) is 12.3. The van der Waals surface area contributed by atoms with E-state index >= 15 is 0 Å². The van der Waals surface area contributed by atoms with Crippen molar-refractivity contribution in [1.82, 2.24) is 5.32 Å². The molecule has 0 bridgehead atoms. The first kappa shape index (κ1) is 15.1. The fourth-order valence-corrected chi connectivity index (χ4v) is 2.16. The minimum Gasteiger partial charge on any atom is -0.508 e. The molecule has 2 aromatic carbocycles. The third kappa shape index (κ3) is 4.63. The van der Waals surface area contributed by atoms with Crippen LogP contribution in [-0.2, 0) is 6.42 Å². The van der Waals surface area contributed by atoms with Gasteiger partial charge in [-0.15, -0.1) is 0 Å². The van der Waals surface area contributed by atoms with Crippen LogP contribution in [0.3, 0.4) is 0 Å². The molecule has 2 rings (SSSR count). The zero-order valence-corrected chi connectivity index (χ0v) is 12.5. The van der Waals surface area contributed by atoms with E-state index in [1.54, 1.807) is 12.1 Å². The van der Waals surface area contributed by atoms with Gasteiger partial charge in [-0.2, -0.15) is 0 Å². The van der Waals surface area contributed by atoms with E-state index in [1.807, 2.05) is 32.0 Å². The zero-order valence-electron chi connectivity index (χ0n) is 12.5. The van der Waals surface area contributed by atoms with Crippen molar-refractivity contribution < 1.29 is 9.90 Å². The Bertz CT molecular complexity index is 588. The van der Waals surface area contributed by atoms with Crippen LogP contribution in [-0.4, -0.2) is 16.6 Å². The summed E-state index contributed by atoms with van der Waals surface area (Å²) in [6.07, 6.45) is 1.78. The standard InChI is InChI=1S/C18H21NO2/c1-18(2,13-12-14-6-4-3-5-7-14)19-17(21)15-8-10-16(20)11-9-15/h3-11,20H,12-13H2,1-2H3,(H,19,21). The van der Waals surface area contributed by atoms with Crippen LogP contribution in [0.5, 0.6) is 5.75 Å². The molecule has 2 N–H and O–H groups in total. The van der Waals surface area contributed by atoms with E-state index in [2.05, 4.69) is 17.4 Å². The van der Waals surface area contributed by atoms with Crippen molar-refractivity contribution in [2.45, 2.75) is 32.2 Å². The normalized spacial score (nSPS) is 11.1. The summed E-state index contributed by atoms with van der Waals surface area (Å²) in [7, 11) is 0. The molecule has 0 aromatic heterocycles. The molecule has 0 saturated carbocycles. The van der Waals surface area contributed by atoms with Gasteiger partial charge in [0.25, 0.3) is 5.91 Å². The van der Waals surface area contributed by atoms with Crippen LogP contribution in [0.25, 0.3) is 0 Å². The minimum absolute atomic E-state index is 0.118. The first-order valence-electron chi connectivity index (χ1n) is 7.12. The Labute approximate surface area is 125 Å². The zero-order chi connectivity index (χ0) is 15.3. The quantitative estimate of drug-likeness (QED) is 0.882. The van der Waals surface area contributed by atoms with E-state index in [0.29, 0.717) is 5.56 Å². The van der Waals surface area contributed by atoms with E-state index in [0.717, 1.165) is 12.8 Å². The number of hydrogen-bond acceptors (Lipinski definition) is 2. The smallest absolute Gasteiger partial charge is 0.251 e. The lowest BCUT2D eigenvalue weighted by atomic mass is 9.95. The Balaban J connectivity index is 1.93. The predicted molar refractivity (Wildman–Crippen MR) is 84.4 cm³/mol. The van der Waals surface area contributed by atoms with Crippen molar-refractivity contribution >= 4 is 5.91 Å². The molecule has 0 saturated heterocycles. The third-order valence-electron chi connectivity index (χ3n) is 3.46. The number of rotatable bonds is 5. The number of aryl methyl sites for hydroxylation is 1. The highest BCUT2D eigenvalue weighted by atomic mass is 16.3. The van der Waals surface area contributed by atoms with Crippen LogP contribution in [0.1, 0.15) is 36.2 Å². The molecule has 21 heavy (non-hydrogen) atoms. The Morgan fingerprint density at radius 2 is 1.67 bits per heavy atom. The van der Waals surface area contributed by atoms with E-state index in [4.69, 9.17) is 0 Å². The lowest BCUT2D eigenvalue weighted by Crippen LogP contribution is -2.43. The van der Waals surface area contributed by atoms with Gasteiger partial charge in [0, 0.05) is 11.1 Å². The van der Waals surface area contributed by atoms with Crippen molar-refractivity contribution in [2.24, 2.45) is 0 Å². The van der Waals surface area contributed by atoms with E-state index in [-0.39, 0.29) is 17.2 Å². The molecule has 0 aliphatic rings. The number of aromatic hydroxyl groups is 1. The van der Waals surface area contributed by atoms with Gasteiger partial charge >= 0.3 is 0 Å². The summed E-state index contributed by atoms with van der Waals surface area (Å²) < 4.78 is 0. The SMILES string of the molecule is CC(C)(CCc1ccccc1)NC(=O)c1ccc(O)cc1. The summed E-state index contributed by atoms with van der Waals surface area (Å²) in [4.78, 5) is 12.2. The maximum Gasteiger partial charge on any atom is 0.251 e. The molecule has 0 atom stereocenters. The molecule has 3 heteroatoms. The fourth-order valence-electron chi connectivity index (χ4n) is 2.16. The lowest BCUT2D eigenvalue weighted by molar-refractivity contribution is 0.0909. The average Bonchev–Trinajstić information content (AvgIpc) is 2.46. The topological polar surface area (TPSA) is 49.3 Å². The Morgan fingerprint density at radius 1 is 1.05 bits per heavy atom. The van der Waals surface area contributed by atoms with Crippen LogP contribution in [0.4, 0.5) is 0 Å². The van der Waals surface area contributed by atoms with Crippen LogP contribution >= 0.6 is 0 Å². The van der Waals surface area contributed by atoms with Crippen molar-refractivity contribution in [2.75, 3.05) is 0 Å². The van der Waals surface area contributed by atoms with E-state index in [1.165, 1.54) is 17.7 Å². The largest absolute Gasteiger partial charge is 0.508 e. The van der Waals surface area contributed by atoms with E-state index in [9.17, 15) is 9.90 Å². The van der Waals surface area contributed by atoms with Crippen molar-refractivity contribution in [1.29, 1.82) is 0 Å². The van der Waals surface area contributed by atoms with Gasteiger partial charge in [0.2, 0.25) is 0 Å². The highest BCUT2D eigenvalue weighted by Crippen LogP contribution is 2.16. The number of carbonyl (C=O) groups is 1. The Morgan fingerprint density at radius 3 is 2.29 bits per heavy atom. The van der Waals surface area contributed by atoms with Gasteiger partial charge in [-0.05, 0) is 56.5 Å². The summed E-state index contributed by atoms with van der Waals surface area (Å²) in [5.74, 6) is 0.0444. The summed E-state index contributed by atoms with van der Waals surface area (Å²) in [6.45, 7) is 4.04. The minimum atomic E-state index is -0.287. The van der Waals surface area contributed by atoms with Crippen LogP contribution < -0.4 is 5.32 Å². The highest BCUT2D eigenvalue weighted by Gasteiger charge is 2.20. The molecule has 0 radical (unpaired) electrons. The molecular weight excluding hydrogens is 262 g/mol. The number of phenols is 1. The molecule has 0 spiro atoms. The second-order valence-electron chi connectivity index (χ2n) is 5.87. The van der Waals surface area contributed by atoms with Crippen LogP contribution in [0.15, 0.2) is 54.6 Å². The number of carbonyl (C=O) groups excluding carboxylic acids is 1. The third-order valence-corrected chi connectivity index (χ3v) is 3.46. The lowest BCUT2D eigenvalue weighted by Gasteiger charge is -2.26. The summed E-state index contributed by atoms with van der Waals surface area (Å²) >= 11 is 0. The first-order chi connectivity index (χ1) is 9.96. The van der Waals surface area contributed by atoms with Gasteiger partial charge in [-0.3, -0.25) is 4.79 Å². The molecular formula is C18H21NO2. The molecule has 0 aliphatic heterocycles. The molecule has 0 aliphatic carbocycles. The number of nitrogens with one attached hydrogen (secondary N) is 1. The predicted octanol–water partition coefficient (Wildman–Crippen LogP) is 3.53. The van der Waals surface area contributed by atoms with Gasteiger partial charge in [0.1, 0.15) is 5.75 Å². The Hall–Kier alpha value is -2.29. The Kier molecular flexibility index (Phi) is 4.63. The second kappa shape index (κ2) is 6.44. The van der Waals surface area contributed by atoms with Gasteiger partial charge in [0.15, 0.2) is 0 Å². The van der Waals surface area contributed by atoms with E-state index < -0.39 is 0 Å². The van der Waals surface area contributed by atoms with Crippen LogP contribution in [0, 0.1) is 0 Å². The van der Waals surface area contributed by atoms with Crippen molar-refractivity contribution in [3.8, 4) is 5.75 Å². The molecule has 1 amide bonds. The molecule has 2 aromatic rings. The fraction of sp³-hybridized carbons (Fsp3) is 0.278. The summed E-state index contributed by atoms with van der Waals surface area (Å²) in [6, 6.07) is 16.5. The number of amides is 1. The molecule has 0 heterocycles. The number of hydrogen-bond donors (Lipinski definition) is 2. The number of phenolic OH excluding ortho intramolecular Hbond substituents is 1. The maximum atomic E-state index is 12.2. The molecule has 0 unspecified atom stereocenters. The van der Waals surface area contributed by atoms with Gasteiger partial charge < -0.3 is 10.4 Å². The first-order valence-corrected chi connectivity index (χ1v) is 7.12. The van der Waals surface area contributed by atoms with Gasteiger partial charge in [0.05, 0.1) is 0 Å². The molecule has 110 valence electrons. The monoisotopic (exact) mass is 283 g/mol. The van der Waals surface area contributed by atoms with Crippen LogP contribution in [0.2, 0.25) is 0 Å². The average molecular weight is 283 g/mol.